The second kappa shape index (κ2) is 10.4. The third-order valence-electron chi connectivity index (χ3n) is 7.04. The number of nitrogens with zero attached hydrogens (tertiary/aromatic N) is 6. The van der Waals surface area contributed by atoms with Crippen LogP contribution >= 0.6 is 0 Å². The molecule has 0 amide bonds. The fourth-order valence-electron chi connectivity index (χ4n) is 4.85. The Kier molecular flexibility index (Phi) is 7.33. The van der Waals surface area contributed by atoms with Gasteiger partial charge in [-0.25, -0.2) is 9.67 Å². The van der Waals surface area contributed by atoms with Crippen molar-refractivity contribution >= 4 is 11.7 Å². The van der Waals surface area contributed by atoms with E-state index in [0.717, 1.165) is 67.1 Å². The number of rotatable bonds is 9. The van der Waals surface area contributed by atoms with Gasteiger partial charge in [0.15, 0.2) is 0 Å². The van der Waals surface area contributed by atoms with Gasteiger partial charge in [-0.15, -0.1) is 5.10 Å². The lowest BCUT2D eigenvalue weighted by Crippen LogP contribution is -2.26. The van der Waals surface area contributed by atoms with Gasteiger partial charge in [-0.2, -0.15) is 0 Å². The Morgan fingerprint density at radius 2 is 2.03 bits per heavy atom. The highest BCUT2D eigenvalue weighted by atomic mass is 16.4. The Hall–Kier alpha value is -3.49. The van der Waals surface area contributed by atoms with E-state index in [-0.39, 0.29) is 17.4 Å². The molecule has 3 aromatic heterocycles. The molecule has 1 saturated heterocycles. The van der Waals surface area contributed by atoms with E-state index in [1.165, 1.54) is 0 Å². The molecule has 35 heavy (non-hydrogen) atoms. The minimum Gasteiger partial charge on any atom is -0.481 e. The van der Waals surface area contributed by atoms with Gasteiger partial charge in [0.2, 0.25) is 0 Å². The van der Waals surface area contributed by atoms with E-state index in [0.29, 0.717) is 12.2 Å². The smallest absolute Gasteiger partial charge is 0.306 e. The lowest BCUT2D eigenvalue weighted by molar-refractivity contribution is -0.142. The summed E-state index contributed by atoms with van der Waals surface area (Å²) in [5.41, 5.74) is 5.27. The zero-order chi connectivity index (χ0) is 25.1. The molecule has 9 heteroatoms. The van der Waals surface area contributed by atoms with Crippen LogP contribution in [0.25, 0.3) is 11.4 Å². The maximum absolute atomic E-state index is 12.5. The number of aryl methyl sites for hydroxylation is 3. The SMILES string of the molecule is CCCc1ccc(=O)n(Cc2c(-c3ccc(N4CC[C@@H]([C@H](C)C(=O)O)C4)c(CC)n3)nnn2C)c1. The van der Waals surface area contributed by atoms with Crippen molar-refractivity contribution in [1.29, 1.82) is 0 Å². The van der Waals surface area contributed by atoms with Crippen LogP contribution in [0.5, 0.6) is 0 Å². The summed E-state index contributed by atoms with van der Waals surface area (Å²) >= 11 is 0. The fraction of sp³-hybridized carbons (Fsp3) is 0.500. The van der Waals surface area contributed by atoms with Gasteiger partial charge >= 0.3 is 5.97 Å². The van der Waals surface area contributed by atoms with Crippen molar-refractivity contribution in [3.63, 3.8) is 0 Å². The Balaban J connectivity index is 1.62. The first kappa shape index (κ1) is 24.6. The van der Waals surface area contributed by atoms with Gasteiger partial charge in [-0.05, 0) is 42.9 Å². The molecule has 2 atom stereocenters. The molecule has 4 rings (SSSR count). The van der Waals surface area contributed by atoms with E-state index in [9.17, 15) is 14.7 Å². The lowest BCUT2D eigenvalue weighted by Gasteiger charge is -2.22. The van der Waals surface area contributed by atoms with Gasteiger partial charge in [-0.3, -0.25) is 9.59 Å². The van der Waals surface area contributed by atoms with Crippen LogP contribution in [0.4, 0.5) is 5.69 Å². The summed E-state index contributed by atoms with van der Waals surface area (Å²) in [6.07, 6.45) is 5.45. The van der Waals surface area contributed by atoms with Crippen molar-refractivity contribution in [3.05, 3.63) is 57.8 Å². The monoisotopic (exact) mass is 478 g/mol. The number of carboxylic acid groups (broad SMARTS) is 1. The number of anilines is 1. The Bertz CT molecular complexity index is 1260. The number of hydrogen-bond donors (Lipinski definition) is 1. The van der Waals surface area contributed by atoms with Crippen LogP contribution in [0.2, 0.25) is 0 Å². The molecule has 3 aromatic rings. The second-order valence-corrected chi connectivity index (χ2v) is 9.40. The number of carboxylic acids is 1. The molecule has 0 aliphatic carbocycles. The average molecular weight is 479 g/mol. The molecular formula is C26H34N6O3. The van der Waals surface area contributed by atoms with Gasteiger partial charge < -0.3 is 14.6 Å². The normalized spacial score (nSPS) is 16.6. The van der Waals surface area contributed by atoms with Crippen LogP contribution in [0.15, 0.2) is 35.3 Å². The van der Waals surface area contributed by atoms with Gasteiger partial charge in [0.1, 0.15) is 5.69 Å². The third kappa shape index (κ3) is 5.13. The molecule has 1 aliphatic rings. The Morgan fingerprint density at radius 3 is 2.74 bits per heavy atom. The molecule has 186 valence electrons. The highest BCUT2D eigenvalue weighted by Crippen LogP contribution is 2.32. The van der Waals surface area contributed by atoms with Crippen molar-refractivity contribution in [1.82, 2.24) is 24.5 Å². The number of aromatic nitrogens is 5. The molecule has 0 unspecified atom stereocenters. The summed E-state index contributed by atoms with van der Waals surface area (Å²) < 4.78 is 3.41. The largest absolute Gasteiger partial charge is 0.481 e. The van der Waals surface area contributed by atoms with Crippen LogP contribution in [0.1, 0.15) is 50.6 Å². The molecule has 0 bridgehead atoms. The predicted molar refractivity (Wildman–Crippen MR) is 135 cm³/mol. The highest BCUT2D eigenvalue weighted by Gasteiger charge is 2.32. The molecular weight excluding hydrogens is 444 g/mol. The molecule has 1 fully saturated rings. The van der Waals surface area contributed by atoms with E-state index in [4.69, 9.17) is 4.98 Å². The highest BCUT2D eigenvalue weighted by molar-refractivity contribution is 5.70. The van der Waals surface area contributed by atoms with Gasteiger partial charge in [-0.1, -0.05) is 38.5 Å². The average Bonchev–Trinajstić information content (AvgIpc) is 3.48. The maximum atomic E-state index is 12.5. The molecule has 9 nitrogen and oxygen atoms in total. The van der Waals surface area contributed by atoms with E-state index >= 15 is 0 Å². The summed E-state index contributed by atoms with van der Waals surface area (Å²) in [6, 6.07) is 7.51. The van der Waals surface area contributed by atoms with Crippen LogP contribution in [-0.2, 0) is 31.2 Å². The van der Waals surface area contributed by atoms with Crippen molar-refractivity contribution in [3.8, 4) is 11.4 Å². The summed E-state index contributed by atoms with van der Waals surface area (Å²) in [7, 11) is 1.83. The first-order valence-corrected chi connectivity index (χ1v) is 12.4. The van der Waals surface area contributed by atoms with Crippen LogP contribution in [0, 0.1) is 11.8 Å². The van der Waals surface area contributed by atoms with Crippen LogP contribution in [0.3, 0.4) is 0 Å². The standard InChI is InChI=1S/C26H34N6O3/c1-5-7-18-8-11-24(33)32(14-18)16-23-25(28-29-30(23)4)21-9-10-22(20(6-2)27-21)31-13-12-19(15-31)17(3)26(34)35/h8-11,14,17,19H,5-7,12-13,15-16H2,1-4H3,(H,34,35)/t17-,19+/m0/s1. The second-order valence-electron chi connectivity index (χ2n) is 9.40. The molecule has 0 radical (unpaired) electrons. The lowest BCUT2D eigenvalue weighted by atomic mass is 9.94. The maximum Gasteiger partial charge on any atom is 0.306 e. The van der Waals surface area contributed by atoms with E-state index in [2.05, 4.69) is 35.1 Å². The van der Waals surface area contributed by atoms with E-state index < -0.39 is 5.97 Å². The molecule has 0 aromatic carbocycles. The van der Waals surface area contributed by atoms with E-state index in [1.807, 2.05) is 25.4 Å². The fourth-order valence-corrected chi connectivity index (χ4v) is 4.85. The molecule has 1 N–H and O–H groups in total. The quantitative estimate of drug-likeness (QED) is 0.503. The summed E-state index contributed by atoms with van der Waals surface area (Å²) in [5, 5.41) is 18.0. The Morgan fingerprint density at radius 1 is 1.23 bits per heavy atom. The first-order valence-electron chi connectivity index (χ1n) is 12.4. The first-order chi connectivity index (χ1) is 16.8. The zero-order valence-corrected chi connectivity index (χ0v) is 20.9. The van der Waals surface area contributed by atoms with Crippen molar-refractivity contribution in [2.45, 2.75) is 53.0 Å². The minimum atomic E-state index is -0.740. The molecule has 0 spiro atoms. The molecule has 4 heterocycles. The number of pyridine rings is 2. The number of hydrogen-bond acceptors (Lipinski definition) is 6. The topological polar surface area (TPSA) is 106 Å². The summed E-state index contributed by atoms with van der Waals surface area (Å²) in [4.78, 5) is 31.1. The van der Waals surface area contributed by atoms with Gasteiger partial charge in [0, 0.05) is 32.4 Å². The van der Waals surface area contributed by atoms with Crippen molar-refractivity contribution in [2.24, 2.45) is 18.9 Å². The number of carbonyl (C=O) groups is 1. The number of aliphatic carboxylic acids is 1. The van der Waals surface area contributed by atoms with Gasteiger partial charge in [0.25, 0.3) is 5.56 Å². The molecule has 0 saturated carbocycles. The van der Waals surface area contributed by atoms with Crippen molar-refractivity contribution in [2.75, 3.05) is 18.0 Å². The predicted octanol–water partition coefficient (Wildman–Crippen LogP) is 3.15. The summed E-state index contributed by atoms with van der Waals surface area (Å²) in [5.74, 6) is -0.973. The van der Waals surface area contributed by atoms with Crippen LogP contribution < -0.4 is 10.5 Å². The zero-order valence-electron chi connectivity index (χ0n) is 20.9. The third-order valence-corrected chi connectivity index (χ3v) is 7.04. The Labute approximate surface area is 205 Å². The van der Waals surface area contributed by atoms with Crippen LogP contribution in [-0.4, -0.2) is 48.7 Å². The summed E-state index contributed by atoms with van der Waals surface area (Å²) in [6.45, 7) is 7.88. The van der Waals surface area contributed by atoms with Crippen molar-refractivity contribution < 1.29 is 9.90 Å². The minimum absolute atomic E-state index is 0.0614. The molecule has 1 aliphatic heterocycles. The van der Waals surface area contributed by atoms with E-state index in [1.54, 1.807) is 22.2 Å². The van der Waals surface area contributed by atoms with Gasteiger partial charge in [0.05, 0.1) is 35.2 Å².